The van der Waals surface area contributed by atoms with Crippen molar-refractivity contribution in [2.24, 2.45) is 0 Å². The third kappa shape index (κ3) is 4.24. The normalized spacial score (nSPS) is 25.2. The molecule has 0 aliphatic carbocycles. The van der Waals surface area contributed by atoms with Gasteiger partial charge in [0, 0.05) is 37.1 Å². The smallest absolute Gasteiger partial charge is 0.242 e. The van der Waals surface area contributed by atoms with E-state index < -0.39 is 0 Å². The molecule has 1 aromatic carbocycles. The molecule has 0 spiro atoms. The minimum absolute atomic E-state index is 0.0248. The van der Waals surface area contributed by atoms with E-state index in [2.05, 4.69) is 15.5 Å². The van der Waals surface area contributed by atoms with Gasteiger partial charge in [-0.3, -0.25) is 14.5 Å². The summed E-state index contributed by atoms with van der Waals surface area (Å²) in [6, 6.07) is 7.63. The highest BCUT2D eigenvalue weighted by Crippen LogP contribution is 2.20. The summed E-state index contributed by atoms with van der Waals surface area (Å²) in [5.41, 5.74) is 1.11. The van der Waals surface area contributed by atoms with E-state index in [9.17, 15) is 9.59 Å². The van der Waals surface area contributed by atoms with Crippen LogP contribution in [0.25, 0.3) is 0 Å². The minimum Gasteiger partial charge on any atom is -0.350 e. The third-order valence-corrected chi connectivity index (χ3v) is 4.89. The van der Waals surface area contributed by atoms with Gasteiger partial charge >= 0.3 is 0 Å². The number of likely N-dealkylation sites (tertiary alicyclic amines) is 1. The van der Waals surface area contributed by atoms with E-state index in [4.69, 9.17) is 11.6 Å². The Hall–Kier alpha value is -1.59. The maximum absolute atomic E-state index is 12.3. The summed E-state index contributed by atoms with van der Waals surface area (Å²) in [4.78, 5) is 25.9. The van der Waals surface area contributed by atoms with Gasteiger partial charge in [0.25, 0.3) is 0 Å². The van der Waals surface area contributed by atoms with E-state index in [0.717, 1.165) is 49.5 Å². The summed E-state index contributed by atoms with van der Waals surface area (Å²) >= 11 is 6.20. The Balaban J connectivity index is 1.49. The van der Waals surface area contributed by atoms with Gasteiger partial charge in [0.2, 0.25) is 11.8 Å². The lowest BCUT2D eigenvalue weighted by Crippen LogP contribution is -2.51. The second-order valence-electron chi connectivity index (χ2n) is 6.33. The zero-order chi connectivity index (χ0) is 16.2. The lowest BCUT2D eigenvalue weighted by Gasteiger charge is -2.24. The van der Waals surface area contributed by atoms with Crippen molar-refractivity contribution in [1.29, 1.82) is 0 Å². The fourth-order valence-corrected chi connectivity index (χ4v) is 3.46. The van der Waals surface area contributed by atoms with Crippen molar-refractivity contribution in [1.82, 2.24) is 15.5 Å². The molecule has 0 aromatic heterocycles. The Morgan fingerprint density at radius 1 is 1.35 bits per heavy atom. The van der Waals surface area contributed by atoms with Gasteiger partial charge in [0.15, 0.2) is 0 Å². The van der Waals surface area contributed by atoms with Gasteiger partial charge in [-0.15, -0.1) is 0 Å². The van der Waals surface area contributed by atoms with Crippen LogP contribution in [0.2, 0.25) is 5.02 Å². The molecule has 2 aliphatic heterocycles. The number of carbonyl (C=O) groups is 2. The van der Waals surface area contributed by atoms with Gasteiger partial charge in [-0.25, -0.2) is 0 Å². The molecule has 2 saturated heterocycles. The molecule has 0 unspecified atom stereocenters. The Morgan fingerprint density at radius 2 is 2.17 bits per heavy atom. The molecule has 124 valence electrons. The second-order valence-corrected chi connectivity index (χ2v) is 6.74. The highest BCUT2D eigenvalue weighted by molar-refractivity contribution is 6.31. The summed E-state index contributed by atoms with van der Waals surface area (Å²) < 4.78 is 0. The average Bonchev–Trinajstić information content (AvgIpc) is 2.97. The van der Waals surface area contributed by atoms with Crippen molar-refractivity contribution in [3.8, 4) is 0 Å². The van der Waals surface area contributed by atoms with Crippen LogP contribution in [-0.2, 0) is 16.1 Å². The molecule has 2 N–H and O–H groups in total. The van der Waals surface area contributed by atoms with E-state index in [-0.39, 0.29) is 23.9 Å². The summed E-state index contributed by atoms with van der Waals surface area (Å²) in [7, 11) is 0. The molecule has 2 atom stereocenters. The molecule has 1 aromatic rings. The highest BCUT2D eigenvalue weighted by atomic mass is 35.5. The van der Waals surface area contributed by atoms with Crippen LogP contribution in [-0.4, -0.2) is 41.9 Å². The molecule has 2 fully saturated rings. The Morgan fingerprint density at radius 3 is 2.96 bits per heavy atom. The standard InChI is InChI=1S/C17H22ClN3O2/c18-14-5-2-1-4-12(14)10-21-9-8-13(11-21)19-17(23)15-6-3-7-16(22)20-15/h1-2,4-5,13,15H,3,6-11H2,(H,19,23)(H,20,22)/t13-,15-/m1/s1. The number of rotatable bonds is 4. The molecule has 2 heterocycles. The van der Waals surface area contributed by atoms with Crippen molar-refractivity contribution >= 4 is 23.4 Å². The third-order valence-electron chi connectivity index (χ3n) is 4.52. The number of carbonyl (C=O) groups excluding carboxylic acids is 2. The van der Waals surface area contributed by atoms with Gasteiger partial charge in [-0.05, 0) is 30.9 Å². The molecular formula is C17H22ClN3O2. The van der Waals surface area contributed by atoms with Crippen molar-refractivity contribution in [2.45, 2.75) is 44.3 Å². The quantitative estimate of drug-likeness (QED) is 0.880. The van der Waals surface area contributed by atoms with E-state index in [1.165, 1.54) is 0 Å². The van der Waals surface area contributed by atoms with E-state index in [0.29, 0.717) is 6.42 Å². The number of halogens is 1. The first-order valence-electron chi connectivity index (χ1n) is 8.17. The van der Waals surface area contributed by atoms with Crippen LogP contribution in [0.1, 0.15) is 31.2 Å². The number of nitrogens with one attached hydrogen (secondary N) is 2. The van der Waals surface area contributed by atoms with E-state index in [1.807, 2.05) is 24.3 Å². The average molecular weight is 336 g/mol. The molecule has 0 saturated carbocycles. The van der Waals surface area contributed by atoms with E-state index >= 15 is 0 Å². The van der Waals surface area contributed by atoms with Gasteiger partial charge < -0.3 is 10.6 Å². The van der Waals surface area contributed by atoms with Crippen LogP contribution in [0.4, 0.5) is 0 Å². The summed E-state index contributed by atoms with van der Waals surface area (Å²) in [6.07, 6.45) is 2.97. The molecule has 0 radical (unpaired) electrons. The molecule has 3 rings (SSSR count). The number of nitrogens with zero attached hydrogens (tertiary/aromatic N) is 1. The van der Waals surface area contributed by atoms with Crippen molar-refractivity contribution < 1.29 is 9.59 Å². The molecule has 5 nitrogen and oxygen atoms in total. The van der Waals surface area contributed by atoms with Gasteiger partial charge in [-0.2, -0.15) is 0 Å². The largest absolute Gasteiger partial charge is 0.350 e. The molecule has 2 aliphatic rings. The second kappa shape index (κ2) is 7.32. The Kier molecular flexibility index (Phi) is 5.18. The fourth-order valence-electron chi connectivity index (χ4n) is 3.27. The van der Waals surface area contributed by atoms with Crippen LogP contribution in [0.3, 0.4) is 0 Å². The number of piperidine rings is 1. The van der Waals surface area contributed by atoms with Gasteiger partial charge in [-0.1, -0.05) is 29.8 Å². The van der Waals surface area contributed by atoms with Gasteiger partial charge in [0.1, 0.15) is 6.04 Å². The SMILES string of the molecule is O=C1CCC[C@H](C(=O)N[C@@H]2CCN(Cc3ccccc3Cl)C2)N1. The molecular weight excluding hydrogens is 314 g/mol. The molecule has 2 amide bonds. The Bertz CT molecular complexity index is 593. The van der Waals surface area contributed by atoms with Crippen molar-refractivity contribution in [3.63, 3.8) is 0 Å². The summed E-state index contributed by atoms with van der Waals surface area (Å²) in [5.74, 6) is -0.0780. The fraction of sp³-hybridized carbons (Fsp3) is 0.529. The zero-order valence-electron chi connectivity index (χ0n) is 13.1. The van der Waals surface area contributed by atoms with Crippen molar-refractivity contribution in [3.05, 3.63) is 34.9 Å². The minimum atomic E-state index is -0.367. The maximum Gasteiger partial charge on any atom is 0.242 e. The number of amides is 2. The molecule has 6 heteroatoms. The first-order valence-corrected chi connectivity index (χ1v) is 8.55. The van der Waals surface area contributed by atoms with Crippen LogP contribution in [0.5, 0.6) is 0 Å². The topological polar surface area (TPSA) is 61.4 Å². The van der Waals surface area contributed by atoms with Crippen LogP contribution < -0.4 is 10.6 Å². The van der Waals surface area contributed by atoms with Crippen LogP contribution in [0.15, 0.2) is 24.3 Å². The van der Waals surface area contributed by atoms with E-state index in [1.54, 1.807) is 0 Å². The number of hydrogen-bond acceptors (Lipinski definition) is 3. The molecule has 23 heavy (non-hydrogen) atoms. The summed E-state index contributed by atoms with van der Waals surface area (Å²) in [5, 5.41) is 6.62. The predicted molar refractivity (Wildman–Crippen MR) is 89.1 cm³/mol. The monoisotopic (exact) mass is 335 g/mol. The lowest BCUT2D eigenvalue weighted by molar-refractivity contribution is -0.131. The number of benzene rings is 1. The maximum atomic E-state index is 12.3. The lowest BCUT2D eigenvalue weighted by atomic mass is 10.0. The zero-order valence-corrected chi connectivity index (χ0v) is 13.8. The molecule has 0 bridgehead atoms. The van der Waals surface area contributed by atoms with Gasteiger partial charge in [0.05, 0.1) is 0 Å². The number of hydrogen-bond donors (Lipinski definition) is 2. The highest BCUT2D eigenvalue weighted by Gasteiger charge is 2.29. The first kappa shape index (κ1) is 16.3. The van der Waals surface area contributed by atoms with Crippen LogP contribution in [0, 0.1) is 0 Å². The Labute approximate surface area is 141 Å². The van der Waals surface area contributed by atoms with Crippen molar-refractivity contribution in [2.75, 3.05) is 13.1 Å². The first-order chi connectivity index (χ1) is 11.1. The van der Waals surface area contributed by atoms with Crippen LogP contribution >= 0.6 is 11.6 Å². The predicted octanol–water partition coefficient (Wildman–Crippen LogP) is 1.70. The summed E-state index contributed by atoms with van der Waals surface area (Å²) in [6.45, 7) is 2.55.